The topological polar surface area (TPSA) is 52.6 Å². The van der Waals surface area contributed by atoms with Gasteiger partial charge in [0.05, 0.1) is 12.2 Å². The SMILES string of the molecule is CCCC(Oc1ccc(Br)cc1C=O)C(=O)OCC. The van der Waals surface area contributed by atoms with Crippen LogP contribution < -0.4 is 4.74 Å². The van der Waals surface area contributed by atoms with Gasteiger partial charge in [0.15, 0.2) is 12.4 Å². The highest BCUT2D eigenvalue weighted by Crippen LogP contribution is 2.23. The number of rotatable bonds is 7. The third-order valence-corrected chi connectivity index (χ3v) is 2.96. The minimum Gasteiger partial charge on any atom is -0.478 e. The first-order valence-electron chi connectivity index (χ1n) is 6.20. The van der Waals surface area contributed by atoms with Crippen LogP contribution in [0.5, 0.6) is 5.75 Å². The number of benzene rings is 1. The minimum absolute atomic E-state index is 0.309. The van der Waals surface area contributed by atoms with Gasteiger partial charge < -0.3 is 9.47 Å². The van der Waals surface area contributed by atoms with Gasteiger partial charge in [0, 0.05) is 4.47 Å². The quantitative estimate of drug-likeness (QED) is 0.568. The Hall–Kier alpha value is -1.36. The van der Waals surface area contributed by atoms with Crippen LogP contribution in [0.2, 0.25) is 0 Å². The zero-order chi connectivity index (χ0) is 14.3. The van der Waals surface area contributed by atoms with Crippen LogP contribution in [0.1, 0.15) is 37.0 Å². The maximum Gasteiger partial charge on any atom is 0.347 e. The van der Waals surface area contributed by atoms with Crippen LogP contribution in [0, 0.1) is 0 Å². The minimum atomic E-state index is -0.676. The molecule has 0 spiro atoms. The van der Waals surface area contributed by atoms with Gasteiger partial charge in [-0.15, -0.1) is 0 Å². The lowest BCUT2D eigenvalue weighted by Gasteiger charge is -2.18. The van der Waals surface area contributed by atoms with E-state index in [9.17, 15) is 9.59 Å². The average molecular weight is 329 g/mol. The Kier molecular flexibility index (Phi) is 6.56. The molecule has 104 valence electrons. The molecule has 0 saturated carbocycles. The van der Waals surface area contributed by atoms with Crippen LogP contribution in [0.25, 0.3) is 0 Å². The highest BCUT2D eigenvalue weighted by Gasteiger charge is 2.22. The molecule has 0 aliphatic carbocycles. The standard InChI is InChI=1S/C14H17BrO4/c1-3-5-13(14(17)18-4-2)19-12-7-6-11(15)8-10(12)9-16/h6-9,13H,3-5H2,1-2H3. The Labute approximate surface area is 121 Å². The first-order chi connectivity index (χ1) is 9.12. The predicted octanol–water partition coefficient (Wildman–Crippen LogP) is 3.37. The average Bonchev–Trinajstić information content (AvgIpc) is 2.40. The van der Waals surface area contributed by atoms with E-state index < -0.39 is 12.1 Å². The number of halogens is 1. The summed E-state index contributed by atoms with van der Waals surface area (Å²) in [7, 11) is 0. The first kappa shape index (κ1) is 15.7. The summed E-state index contributed by atoms with van der Waals surface area (Å²) in [6.45, 7) is 4.01. The lowest BCUT2D eigenvalue weighted by molar-refractivity contribution is -0.151. The van der Waals surface area contributed by atoms with Gasteiger partial charge in [-0.3, -0.25) is 4.79 Å². The molecule has 0 radical (unpaired) electrons. The van der Waals surface area contributed by atoms with Crippen LogP contribution in [0.3, 0.4) is 0 Å². The fraction of sp³-hybridized carbons (Fsp3) is 0.429. The van der Waals surface area contributed by atoms with Crippen LogP contribution in [-0.4, -0.2) is 25.0 Å². The van der Waals surface area contributed by atoms with E-state index in [4.69, 9.17) is 9.47 Å². The monoisotopic (exact) mass is 328 g/mol. The van der Waals surface area contributed by atoms with Crippen LogP contribution in [0.15, 0.2) is 22.7 Å². The second kappa shape index (κ2) is 7.94. The van der Waals surface area contributed by atoms with E-state index >= 15 is 0 Å². The van der Waals surface area contributed by atoms with Crippen molar-refractivity contribution in [2.24, 2.45) is 0 Å². The molecule has 0 heterocycles. The number of carbonyl (C=O) groups is 2. The number of hydrogen-bond acceptors (Lipinski definition) is 4. The van der Waals surface area contributed by atoms with E-state index in [0.717, 1.165) is 10.9 Å². The van der Waals surface area contributed by atoms with Crippen molar-refractivity contribution < 1.29 is 19.1 Å². The molecular formula is C14H17BrO4. The fourth-order valence-electron chi connectivity index (χ4n) is 1.59. The van der Waals surface area contributed by atoms with E-state index in [1.807, 2.05) is 6.92 Å². The number of ether oxygens (including phenoxy) is 2. The molecule has 1 atom stereocenters. The summed E-state index contributed by atoms with van der Waals surface area (Å²) in [5.41, 5.74) is 0.403. The van der Waals surface area contributed by atoms with Gasteiger partial charge in [-0.05, 0) is 31.5 Å². The molecule has 0 aliphatic heterocycles. The number of esters is 1. The lowest BCUT2D eigenvalue weighted by atomic mass is 10.2. The summed E-state index contributed by atoms with van der Waals surface area (Å²) < 4.78 is 11.4. The second-order valence-electron chi connectivity index (χ2n) is 3.95. The molecule has 0 amide bonds. The Balaban J connectivity index is 2.89. The molecule has 1 aromatic carbocycles. The number of hydrogen-bond donors (Lipinski definition) is 0. The lowest BCUT2D eigenvalue weighted by Crippen LogP contribution is -2.29. The first-order valence-corrected chi connectivity index (χ1v) is 6.99. The Bertz CT molecular complexity index is 445. The maximum absolute atomic E-state index is 11.8. The van der Waals surface area contributed by atoms with Crippen molar-refractivity contribution in [3.8, 4) is 5.75 Å². The molecule has 1 unspecified atom stereocenters. The van der Waals surface area contributed by atoms with Crippen LogP contribution in [-0.2, 0) is 9.53 Å². The van der Waals surface area contributed by atoms with Gasteiger partial charge in [0.1, 0.15) is 5.75 Å². The highest BCUT2D eigenvalue weighted by atomic mass is 79.9. The summed E-state index contributed by atoms with van der Waals surface area (Å²) in [6, 6.07) is 5.07. The molecule has 0 fully saturated rings. The van der Waals surface area contributed by atoms with E-state index in [2.05, 4.69) is 15.9 Å². The van der Waals surface area contributed by atoms with Crippen molar-refractivity contribution in [3.63, 3.8) is 0 Å². The van der Waals surface area contributed by atoms with Crippen molar-refractivity contribution in [2.75, 3.05) is 6.61 Å². The molecular weight excluding hydrogens is 312 g/mol. The van der Waals surface area contributed by atoms with E-state index in [0.29, 0.717) is 30.6 Å². The number of carbonyl (C=O) groups excluding carboxylic acids is 2. The van der Waals surface area contributed by atoms with Gasteiger partial charge in [-0.1, -0.05) is 29.3 Å². The molecule has 4 nitrogen and oxygen atoms in total. The second-order valence-corrected chi connectivity index (χ2v) is 4.86. The summed E-state index contributed by atoms with van der Waals surface area (Å²) in [5, 5.41) is 0. The van der Waals surface area contributed by atoms with Gasteiger partial charge in [-0.2, -0.15) is 0 Å². The molecule has 5 heteroatoms. The van der Waals surface area contributed by atoms with Crippen molar-refractivity contribution in [1.82, 2.24) is 0 Å². The van der Waals surface area contributed by atoms with E-state index in [1.165, 1.54) is 0 Å². The Morgan fingerprint density at radius 3 is 2.74 bits per heavy atom. The van der Waals surface area contributed by atoms with Gasteiger partial charge >= 0.3 is 5.97 Å². The molecule has 0 N–H and O–H groups in total. The Morgan fingerprint density at radius 1 is 1.42 bits per heavy atom. The summed E-state index contributed by atoms with van der Waals surface area (Å²) >= 11 is 3.28. The molecule has 0 bridgehead atoms. The molecule has 19 heavy (non-hydrogen) atoms. The Morgan fingerprint density at radius 2 is 2.16 bits per heavy atom. The summed E-state index contributed by atoms with van der Waals surface area (Å²) in [6.07, 6.45) is 1.36. The largest absolute Gasteiger partial charge is 0.478 e. The van der Waals surface area contributed by atoms with E-state index in [1.54, 1.807) is 25.1 Å². The molecule has 0 aromatic heterocycles. The van der Waals surface area contributed by atoms with Crippen molar-refractivity contribution in [1.29, 1.82) is 0 Å². The summed E-state index contributed by atoms with van der Waals surface area (Å²) in [4.78, 5) is 22.8. The third kappa shape index (κ3) is 4.67. The van der Waals surface area contributed by atoms with Gasteiger partial charge in [0.25, 0.3) is 0 Å². The third-order valence-electron chi connectivity index (χ3n) is 2.47. The number of aldehydes is 1. The molecule has 0 saturated heterocycles. The molecule has 1 aromatic rings. The van der Waals surface area contributed by atoms with Crippen molar-refractivity contribution in [3.05, 3.63) is 28.2 Å². The highest BCUT2D eigenvalue weighted by molar-refractivity contribution is 9.10. The fourth-order valence-corrected chi connectivity index (χ4v) is 1.97. The predicted molar refractivity (Wildman–Crippen MR) is 75.5 cm³/mol. The maximum atomic E-state index is 11.8. The van der Waals surface area contributed by atoms with E-state index in [-0.39, 0.29) is 0 Å². The van der Waals surface area contributed by atoms with Gasteiger partial charge in [0.2, 0.25) is 0 Å². The van der Waals surface area contributed by atoms with Crippen molar-refractivity contribution >= 4 is 28.2 Å². The normalized spacial score (nSPS) is 11.7. The molecule has 0 aliphatic rings. The molecule has 1 rings (SSSR count). The van der Waals surface area contributed by atoms with Crippen molar-refractivity contribution in [2.45, 2.75) is 32.8 Å². The zero-order valence-corrected chi connectivity index (χ0v) is 12.6. The zero-order valence-electron chi connectivity index (χ0n) is 11.0. The van der Waals surface area contributed by atoms with Crippen LogP contribution >= 0.6 is 15.9 Å². The van der Waals surface area contributed by atoms with Gasteiger partial charge in [-0.25, -0.2) is 4.79 Å². The van der Waals surface area contributed by atoms with Crippen LogP contribution in [0.4, 0.5) is 0 Å². The smallest absolute Gasteiger partial charge is 0.347 e. The summed E-state index contributed by atoms with van der Waals surface area (Å²) in [5.74, 6) is -0.00572.